The summed E-state index contributed by atoms with van der Waals surface area (Å²) in [5.41, 5.74) is 6.50. The lowest BCUT2D eigenvalue weighted by Crippen LogP contribution is -2.37. The number of thioether (sulfide) groups is 2. The van der Waals surface area contributed by atoms with Crippen LogP contribution in [0.1, 0.15) is 63.5 Å². The Kier molecular flexibility index (Phi) is 7.34. The zero-order valence-electron chi connectivity index (χ0n) is 29.6. The van der Waals surface area contributed by atoms with Crippen LogP contribution in [-0.4, -0.2) is 72.1 Å². The molecule has 0 aliphatic carbocycles. The molecule has 1 radical (unpaired) electrons. The lowest BCUT2D eigenvalue weighted by Gasteiger charge is -2.35. The van der Waals surface area contributed by atoms with Crippen molar-refractivity contribution in [3.05, 3.63) is 106 Å². The maximum absolute atomic E-state index is 7.13. The summed E-state index contributed by atoms with van der Waals surface area (Å²) in [5.74, 6) is 4.88. The minimum Gasteiger partial charge on any atom is -0.493 e. The molecule has 6 aliphatic heterocycles. The number of nitrogens with zero attached hydrogens (tertiary/aromatic N) is 8. The van der Waals surface area contributed by atoms with Crippen LogP contribution in [0, 0.1) is 6.20 Å². The predicted molar refractivity (Wildman–Crippen MR) is 200 cm³/mol. The van der Waals surface area contributed by atoms with Gasteiger partial charge in [-0.3, -0.25) is 9.97 Å². The lowest BCUT2D eigenvalue weighted by molar-refractivity contribution is 0.172. The molecule has 12 rings (SSSR count). The SMILES string of the molecule is [c]1cc2c(cn1)OC(c1nnc3c(c1-c1cc4c(cn1)SCO4)C(c1ccc4c(c1)CCO4)(c1cc4c(nn1)OCCS4)C(c1cc4c(nn1)OCCC4)O3)C2. The molecule has 0 N–H and O–H groups in total. The second-order valence-corrected chi connectivity index (χ2v) is 16.3. The van der Waals surface area contributed by atoms with Crippen molar-refractivity contribution in [3.63, 3.8) is 0 Å². The largest absolute Gasteiger partial charge is 0.493 e. The zero-order valence-corrected chi connectivity index (χ0v) is 31.2. The third kappa shape index (κ3) is 4.90. The third-order valence-electron chi connectivity index (χ3n) is 11.1. The van der Waals surface area contributed by atoms with Gasteiger partial charge in [0.05, 0.1) is 53.4 Å². The maximum Gasteiger partial charge on any atom is 0.247 e. The average Bonchev–Trinajstić information content (AvgIpc) is 4.07. The highest BCUT2D eigenvalue weighted by atomic mass is 32.2. The molecule has 3 unspecified atom stereocenters. The molecule has 0 fully saturated rings. The van der Waals surface area contributed by atoms with Gasteiger partial charge in [-0.15, -0.1) is 37.3 Å². The van der Waals surface area contributed by atoms with Gasteiger partial charge in [0, 0.05) is 53.1 Å². The first-order valence-corrected chi connectivity index (χ1v) is 20.4. The van der Waals surface area contributed by atoms with Gasteiger partial charge in [0.25, 0.3) is 0 Å². The van der Waals surface area contributed by atoms with Gasteiger partial charge in [-0.05, 0) is 48.2 Å². The molecule has 3 atom stereocenters. The summed E-state index contributed by atoms with van der Waals surface area (Å²) < 4.78 is 37.8. The van der Waals surface area contributed by atoms with Crippen molar-refractivity contribution in [2.45, 2.75) is 53.1 Å². The molecule has 6 aromatic rings. The van der Waals surface area contributed by atoms with Crippen molar-refractivity contribution in [2.75, 3.05) is 31.5 Å². The molecular formula is C40H29N8O6S2. The van der Waals surface area contributed by atoms with Gasteiger partial charge in [0.1, 0.15) is 46.1 Å². The van der Waals surface area contributed by atoms with Crippen molar-refractivity contribution in [3.8, 4) is 46.1 Å². The van der Waals surface area contributed by atoms with Crippen LogP contribution in [-0.2, 0) is 24.7 Å². The number of hydrogen-bond donors (Lipinski definition) is 0. The van der Waals surface area contributed by atoms with Crippen molar-refractivity contribution < 1.29 is 28.4 Å². The maximum atomic E-state index is 7.13. The molecule has 0 saturated heterocycles. The molecule has 0 spiro atoms. The Bertz CT molecular complexity index is 2590. The van der Waals surface area contributed by atoms with E-state index in [1.165, 1.54) is 0 Å². The second-order valence-electron chi connectivity index (χ2n) is 14.2. The number of benzene rings is 1. The van der Waals surface area contributed by atoms with E-state index in [0.717, 1.165) is 68.6 Å². The topological polar surface area (TPSA) is 158 Å². The van der Waals surface area contributed by atoms with Crippen molar-refractivity contribution in [1.82, 2.24) is 40.6 Å². The smallest absolute Gasteiger partial charge is 0.247 e. The van der Waals surface area contributed by atoms with Gasteiger partial charge in [-0.1, -0.05) is 23.9 Å². The highest BCUT2D eigenvalue weighted by Crippen LogP contribution is 2.61. The molecule has 11 heterocycles. The first-order chi connectivity index (χ1) is 27.7. The van der Waals surface area contributed by atoms with E-state index in [4.69, 9.17) is 58.9 Å². The number of hydrogen-bond acceptors (Lipinski definition) is 16. The molecule has 0 bridgehead atoms. The van der Waals surface area contributed by atoms with Crippen LogP contribution in [0.3, 0.4) is 0 Å². The Morgan fingerprint density at radius 2 is 1.66 bits per heavy atom. The number of ether oxygens (including phenoxy) is 6. The van der Waals surface area contributed by atoms with Crippen molar-refractivity contribution in [1.29, 1.82) is 0 Å². The fourth-order valence-corrected chi connectivity index (χ4v) is 10.1. The minimum absolute atomic E-state index is 0.313. The molecule has 14 nitrogen and oxygen atoms in total. The van der Waals surface area contributed by atoms with Crippen LogP contribution in [0.2, 0.25) is 0 Å². The number of pyridine rings is 2. The molecule has 1 aromatic carbocycles. The van der Waals surface area contributed by atoms with Gasteiger partial charge in [-0.25, -0.2) is 0 Å². The number of aromatic nitrogens is 8. The van der Waals surface area contributed by atoms with E-state index in [0.29, 0.717) is 89.5 Å². The number of rotatable bonds is 5. The average molecular weight is 782 g/mol. The van der Waals surface area contributed by atoms with E-state index in [-0.39, 0.29) is 0 Å². The van der Waals surface area contributed by atoms with E-state index in [1.54, 1.807) is 29.7 Å². The van der Waals surface area contributed by atoms with E-state index in [1.807, 2.05) is 30.5 Å². The normalized spacial score (nSPS) is 22.1. The Morgan fingerprint density at radius 3 is 2.64 bits per heavy atom. The second kappa shape index (κ2) is 12.6. The van der Waals surface area contributed by atoms with Gasteiger partial charge < -0.3 is 28.4 Å². The van der Waals surface area contributed by atoms with Crippen LogP contribution in [0.25, 0.3) is 11.3 Å². The van der Waals surface area contributed by atoms with Gasteiger partial charge in [-0.2, -0.15) is 5.10 Å². The Hall–Kier alpha value is -5.74. The zero-order chi connectivity index (χ0) is 36.8. The van der Waals surface area contributed by atoms with Gasteiger partial charge in [0.15, 0.2) is 6.10 Å². The van der Waals surface area contributed by atoms with E-state index in [2.05, 4.69) is 34.5 Å². The van der Waals surface area contributed by atoms with Crippen LogP contribution < -0.4 is 28.4 Å². The predicted octanol–water partition coefficient (Wildman–Crippen LogP) is 5.64. The summed E-state index contributed by atoms with van der Waals surface area (Å²) in [7, 11) is 0. The first kappa shape index (κ1) is 32.5. The molecule has 5 aromatic heterocycles. The van der Waals surface area contributed by atoms with E-state index in [9.17, 15) is 0 Å². The van der Waals surface area contributed by atoms with Crippen molar-refractivity contribution in [2.24, 2.45) is 0 Å². The molecule has 6 aliphatic rings. The molecule has 56 heavy (non-hydrogen) atoms. The fourth-order valence-electron chi connectivity index (χ4n) is 8.58. The van der Waals surface area contributed by atoms with E-state index >= 15 is 0 Å². The third-order valence-corrected chi connectivity index (χ3v) is 12.9. The Balaban J connectivity index is 1.19. The standard InChI is InChI=1S/C40H29N8O6S2/c1-2-22-13-25(43-46-37(22)50-8-1)36-40(23-3-4-26-21(12-23)6-9-49-26,32-16-30-38(47-44-32)51-10-11-55-30)34-33(24-15-27-31(18-42-24)56-19-52-27)35(45-48-39(34)54-36)28-14-20-5-7-41-17-29(20)53-28/h3-5,12-13,15-18,28,36H,1-2,6,8-11,14,19H2. The summed E-state index contributed by atoms with van der Waals surface area (Å²) in [6, 6.07) is 14.2. The van der Waals surface area contributed by atoms with Crippen LogP contribution in [0.15, 0.2) is 64.6 Å². The summed E-state index contributed by atoms with van der Waals surface area (Å²) in [5, 5.41) is 28.9. The summed E-state index contributed by atoms with van der Waals surface area (Å²) in [4.78, 5) is 11.1. The number of fused-ring (bicyclic) bond motifs is 6. The molecule has 0 amide bonds. The highest BCUT2D eigenvalue weighted by molar-refractivity contribution is 7.99. The quantitative estimate of drug-likeness (QED) is 0.211. The first-order valence-electron chi connectivity index (χ1n) is 18.5. The van der Waals surface area contributed by atoms with Crippen LogP contribution in [0.5, 0.6) is 34.9 Å². The monoisotopic (exact) mass is 781 g/mol. The van der Waals surface area contributed by atoms with Crippen LogP contribution in [0.4, 0.5) is 0 Å². The molecule has 0 saturated carbocycles. The van der Waals surface area contributed by atoms with Crippen LogP contribution >= 0.6 is 23.5 Å². The summed E-state index contributed by atoms with van der Waals surface area (Å²) in [6.07, 6.45) is 8.08. The number of aryl methyl sites for hydroxylation is 1. The Labute approximate surface area is 328 Å². The molecule has 16 heteroatoms. The lowest BCUT2D eigenvalue weighted by atomic mass is 9.66. The highest BCUT2D eigenvalue weighted by Gasteiger charge is 2.59. The summed E-state index contributed by atoms with van der Waals surface area (Å²) in [6.45, 7) is 1.74. The minimum atomic E-state index is -1.23. The molecular weight excluding hydrogens is 753 g/mol. The Morgan fingerprint density at radius 1 is 0.714 bits per heavy atom. The van der Waals surface area contributed by atoms with Gasteiger partial charge >= 0.3 is 0 Å². The fraction of sp³-hybridized carbons (Fsp3) is 0.300. The van der Waals surface area contributed by atoms with Gasteiger partial charge in [0.2, 0.25) is 17.6 Å². The van der Waals surface area contributed by atoms with Crippen molar-refractivity contribution >= 4 is 23.5 Å². The summed E-state index contributed by atoms with van der Waals surface area (Å²) >= 11 is 3.29. The van der Waals surface area contributed by atoms with E-state index < -0.39 is 17.6 Å². The molecule has 277 valence electrons.